The molecule has 91 heavy (non-hydrogen) atoms. The Morgan fingerprint density at radius 3 is 2.46 bits per heavy atom. The van der Waals surface area contributed by atoms with Gasteiger partial charge in [-0.2, -0.15) is 0 Å². The summed E-state index contributed by atoms with van der Waals surface area (Å²) in [5.41, 5.74) is 13.6. The number of carbonyl (C=O) groups excluding carboxylic acids is 2. The van der Waals surface area contributed by atoms with Crippen molar-refractivity contribution in [1.82, 2.24) is 0 Å². The number of fused-ring (bicyclic) bond motifs is 11. The SMILES string of the molecule is C/C(CO)=C1\CCc2ccc3cc2[C@H]2CCC4=Cc5ccccc5[C@H]5C[C@H]([C@H](C2)[C@@H]45)[C@]2(C)Oc4ccc5c(CO)c([C@H](CCO)COCO)c(=O)oc5c4[C@@H](OC(=O)C[C@H]4C[C@@H](c5cccc6c5CC[C@@H]5CCC[C@H]7C=Cc8ccccc8[C@@]657)C=C[C@@H]34)[C@@H]2OC1=O. The summed E-state index contributed by atoms with van der Waals surface area (Å²) in [7, 11) is 0. The Morgan fingerprint density at radius 1 is 0.780 bits per heavy atom. The maximum atomic E-state index is 16.1. The fraction of sp³-hybridized carbons (Fsp3) is 0.456. The predicted octanol–water partition coefficient (Wildman–Crippen LogP) is 13.5. The standard InChI is InChI=1S/C79H82O12/c1-43(39-81)55-26-22-44-17-18-48-35-61(44)49-19-20-50-33-46-10-3-5-13-58(46)62-38-67(63(36-49)70(50)62)78(2)75(90-76(55)85)74(72-68(91-78)30-29-60-64(40-82)71(77(86)89-73(60)72)51(31-32-80)41-87-42-83)88-69(84)37-52-34-47(23-27-56(48)52)57-14-8-16-66-59(57)28-25-54-12-7-11-53-24-21-45-9-4-6-15-65(45)79(53,54)66/h3-6,8-10,13-18,21,23-24,27,29-30,33,35,47,49,51-54,56,62-63,67,70,74-75,80-83H,7,11-12,19-20,22,25-26,28,31-32,34,36-42H2,1-2H3/b55-43-/t47-,49-,51+,52+,53-,54-,56-,62+,63-,67+,70-,74+,75-,78-,79-/m0/s1. The number of hydrogen-bond donors (Lipinski definition) is 4. The minimum absolute atomic E-state index is 0.00256. The highest BCUT2D eigenvalue weighted by molar-refractivity contribution is 5.91. The van der Waals surface area contributed by atoms with Crippen LogP contribution in [0.5, 0.6) is 5.75 Å². The monoisotopic (exact) mass is 1220 g/mol. The summed E-state index contributed by atoms with van der Waals surface area (Å²) < 4.78 is 34.1. The molecule has 3 saturated carbocycles. The maximum Gasteiger partial charge on any atom is 0.340 e. The normalized spacial score (nSPS) is 32.3. The van der Waals surface area contributed by atoms with Crippen LogP contribution >= 0.6 is 0 Å². The Morgan fingerprint density at radius 2 is 1.62 bits per heavy atom. The van der Waals surface area contributed by atoms with E-state index in [0.717, 1.165) is 44.1 Å². The summed E-state index contributed by atoms with van der Waals surface area (Å²) >= 11 is 0. The molecular formula is C79H82O12. The first-order chi connectivity index (χ1) is 44.4. The number of carbonyl (C=O) groups is 2. The number of aliphatic hydroxyl groups is 4. The van der Waals surface area contributed by atoms with E-state index in [4.69, 9.17) is 23.4 Å². The van der Waals surface area contributed by atoms with Gasteiger partial charge in [0.2, 0.25) is 0 Å². The average Bonchev–Trinajstić information content (AvgIpc) is 1.51. The number of hydrogen-bond acceptors (Lipinski definition) is 12. The minimum Gasteiger partial charge on any atom is -0.483 e. The van der Waals surface area contributed by atoms with Crippen LogP contribution in [0.3, 0.4) is 0 Å². The quantitative estimate of drug-likeness (QED) is 0.0354. The summed E-state index contributed by atoms with van der Waals surface area (Å²) in [4.78, 5) is 46.7. The summed E-state index contributed by atoms with van der Waals surface area (Å²) in [5.74, 6) is -0.946. The van der Waals surface area contributed by atoms with Gasteiger partial charge in [-0.05, 0) is 211 Å². The zero-order valence-electron chi connectivity index (χ0n) is 52.1. The van der Waals surface area contributed by atoms with Crippen molar-refractivity contribution in [2.45, 2.75) is 163 Å². The molecule has 12 nitrogen and oxygen atoms in total. The molecule has 470 valence electrons. The van der Waals surface area contributed by atoms with Crippen LogP contribution in [0.4, 0.5) is 0 Å². The van der Waals surface area contributed by atoms with E-state index in [1.807, 2.05) is 6.92 Å². The molecule has 1 spiro atoms. The lowest BCUT2D eigenvalue weighted by Crippen LogP contribution is -2.59. The molecule has 5 aromatic carbocycles. The maximum absolute atomic E-state index is 16.1. The smallest absolute Gasteiger partial charge is 0.340 e. The number of benzene rings is 5. The number of aliphatic hydroxyl groups excluding tert-OH is 4. The van der Waals surface area contributed by atoms with Crippen molar-refractivity contribution in [1.29, 1.82) is 0 Å². The van der Waals surface area contributed by atoms with Gasteiger partial charge in [-0.1, -0.05) is 127 Å². The van der Waals surface area contributed by atoms with Crippen LogP contribution in [-0.4, -0.2) is 70.7 Å². The molecule has 0 amide bonds. The lowest BCUT2D eigenvalue weighted by atomic mass is 9.48. The van der Waals surface area contributed by atoms with E-state index in [2.05, 4.69) is 115 Å². The Kier molecular flexibility index (Phi) is 15.0. The van der Waals surface area contributed by atoms with Gasteiger partial charge in [-0.25, -0.2) is 9.59 Å². The zero-order valence-corrected chi connectivity index (χ0v) is 52.1. The van der Waals surface area contributed by atoms with E-state index in [1.165, 1.54) is 68.5 Å². The largest absolute Gasteiger partial charge is 0.483 e. The Bertz CT molecular complexity index is 4130. The molecule has 0 unspecified atom stereocenters. The van der Waals surface area contributed by atoms with Gasteiger partial charge in [-0.15, -0.1) is 0 Å². The molecule has 0 radical (unpaired) electrons. The van der Waals surface area contributed by atoms with E-state index >= 15 is 9.59 Å². The molecule has 0 saturated heterocycles. The van der Waals surface area contributed by atoms with Gasteiger partial charge < -0.3 is 43.8 Å². The third-order valence-corrected chi connectivity index (χ3v) is 24.5. The van der Waals surface area contributed by atoms with Crippen molar-refractivity contribution < 1.29 is 53.4 Å². The van der Waals surface area contributed by atoms with E-state index in [-0.39, 0.29) is 114 Å². The third-order valence-electron chi connectivity index (χ3n) is 24.5. The van der Waals surface area contributed by atoms with E-state index in [9.17, 15) is 25.2 Å². The number of allylic oxidation sites excluding steroid dienone is 4. The van der Waals surface area contributed by atoms with Gasteiger partial charge >= 0.3 is 17.6 Å². The first-order valence-corrected chi connectivity index (χ1v) is 33.9. The summed E-state index contributed by atoms with van der Waals surface area (Å²) in [6.45, 7) is 1.76. The predicted molar refractivity (Wildman–Crippen MR) is 346 cm³/mol. The van der Waals surface area contributed by atoms with Gasteiger partial charge in [0.05, 0.1) is 25.4 Å². The van der Waals surface area contributed by atoms with Gasteiger partial charge in [0.15, 0.2) is 17.8 Å². The Labute approximate surface area is 531 Å². The van der Waals surface area contributed by atoms with Crippen molar-refractivity contribution >= 4 is 35.1 Å². The topological polar surface area (TPSA) is 182 Å². The first-order valence-electron chi connectivity index (χ1n) is 33.9. The molecule has 4 N–H and O–H groups in total. The fourth-order valence-electron chi connectivity index (χ4n) is 20.6. The summed E-state index contributed by atoms with van der Waals surface area (Å²) in [6, 6.07) is 35.5. The van der Waals surface area contributed by atoms with Crippen molar-refractivity contribution in [2.24, 2.45) is 35.5 Å². The number of esters is 2. The van der Waals surface area contributed by atoms with Crippen LogP contribution in [-0.2, 0) is 48.7 Å². The third kappa shape index (κ3) is 9.25. The molecule has 16 rings (SSSR count). The molecule has 3 fully saturated rings. The minimum atomic E-state index is -1.40. The lowest BCUT2D eigenvalue weighted by molar-refractivity contribution is -0.202. The highest BCUT2D eigenvalue weighted by atomic mass is 16.6. The second-order valence-corrected chi connectivity index (χ2v) is 28.5. The van der Waals surface area contributed by atoms with Gasteiger partial charge in [0.1, 0.15) is 18.1 Å². The molecule has 4 heterocycles. The van der Waals surface area contributed by atoms with Gasteiger partial charge in [0, 0.05) is 58.6 Å². The van der Waals surface area contributed by atoms with Crippen molar-refractivity contribution in [3.8, 4) is 5.75 Å². The highest BCUT2D eigenvalue weighted by Gasteiger charge is 2.64. The highest BCUT2D eigenvalue weighted by Crippen LogP contribution is 2.66. The number of rotatable bonds is 9. The summed E-state index contributed by atoms with van der Waals surface area (Å²) in [6.07, 6.45) is 20.1. The van der Waals surface area contributed by atoms with E-state index < -0.39 is 54.7 Å². The molecule has 12 heteroatoms. The van der Waals surface area contributed by atoms with Crippen LogP contribution in [0.1, 0.15) is 199 Å². The van der Waals surface area contributed by atoms with Crippen molar-refractivity contribution in [3.63, 3.8) is 0 Å². The Balaban J connectivity index is 0.905. The molecule has 1 aromatic heterocycles. The van der Waals surface area contributed by atoms with Crippen LogP contribution in [0.15, 0.2) is 141 Å². The van der Waals surface area contributed by atoms with Crippen LogP contribution in [0.2, 0.25) is 0 Å². The van der Waals surface area contributed by atoms with E-state index in [1.54, 1.807) is 19.1 Å². The molecule has 7 bridgehead atoms. The van der Waals surface area contributed by atoms with Crippen LogP contribution in [0, 0.1) is 35.5 Å². The molecule has 3 aliphatic heterocycles. The van der Waals surface area contributed by atoms with E-state index in [0.29, 0.717) is 53.4 Å². The van der Waals surface area contributed by atoms with Crippen molar-refractivity contribution in [3.05, 3.63) is 215 Å². The molecule has 10 aliphatic rings. The summed E-state index contributed by atoms with van der Waals surface area (Å²) in [5, 5.41) is 42.7. The first kappa shape index (κ1) is 58.9. The van der Waals surface area contributed by atoms with Gasteiger partial charge in [-0.3, -0.25) is 4.79 Å². The molecule has 7 aliphatic carbocycles. The van der Waals surface area contributed by atoms with Crippen molar-refractivity contribution in [2.75, 3.05) is 26.6 Å². The lowest BCUT2D eigenvalue weighted by Gasteiger charge is -2.55. The second-order valence-electron chi connectivity index (χ2n) is 28.5. The van der Waals surface area contributed by atoms with Gasteiger partial charge in [0.25, 0.3) is 0 Å². The average molecular weight is 1220 g/mol. The Hall–Kier alpha value is -7.19. The number of aryl methyl sites for hydroxylation is 1. The van der Waals surface area contributed by atoms with Crippen LogP contribution < -0.4 is 10.4 Å². The molecule has 6 aromatic rings. The second kappa shape index (κ2) is 23.1. The van der Waals surface area contributed by atoms with Crippen LogP contribution in [0.25, 0.3) is 23.1 Å². The molecule has 15 atom stereocenters. The molecular weight excluding hydrogens is 1140 g/mol. The number of ether oxygens (including phenoxy) is 4. The fourth-order valence-corrected chi connectivity index (χ4v) is 20.6. The zero-order chi connectivity index (χ0) is 62.0.